The van der Waals surface area contributed by atoms with E-state index in [1.165, 1.54) is 0 Å². The molecule has 0 amide bonds. The first-order valence-corrected chi connectivity index (χ1v) is 5.02. The van der Waals surface area contributed by atoms with E-state index in [0.717, 1.165) is 6.20 Å². The molecule has 10 heteroatoms. The van der Waals surface area contributed by atoms with Gasteiger partial charge < -0.3 is 4.74 Å². The molecular formula is C7H3BrF4N2O3. The van der Waals surface area contributed by atoms with E-state index >= 15 is 0 Å². The van der Waals surface area contributed by atoms with E-state index in [1.54, 1.807) is 0 Å². The molecule has 0 N–H and O–H groups in total. The van der Waals surface area contributed by atoms with Crippen molar-refractivity contribution in [3.8, 4) is 5.88 Å². The second kappa shape index (κ2) is 4.82. The van der Waals surface area contributed by atoms with E-state index in [2.05, 4.69) is 25.7 Å². The summed E-state index contributed by atoms with van der Waals surface area (Å²) in [5, 5.41) is 10.3. The Morgan fingerprint density at radius 2 is 2.12 bits per heavy atom. The predicted octanol–water partition coefficient (Wildman–Crippen LogP) is 2.92. The van der Waals surface area contributed by atoms with Crippen molar-refractivity contribution in [1.29, 1.82) is 0 Å². The monoisotopic (exact) mass is 318 g/mol. The highest BCUT2D eigenvalue weighted by atomic mass is 79.9. The van der Waals surface area contributed by atoms with Gasteiger partial charge in [0.25, 0.3) is 0 Å². The van der Waals surface area contributed by atoms with Gasteiger partial charge in [0.2, 0.25) is 5.82 Å². The molecule has 1 aromatic heterocycles. The Morgan fingerprint density at radius 1 is 1.53 bits per heavy atom. The third-order valence-corrected chi connectivity index (χ3v) is 2.17. The number of alkyl halides is 4. The van der Waals surface area contributed by atoms with E-state index in [0.29, 0.717) is 0 Å². The van der Waals surface area contributed by atoms with Crippen LogP contribution in [0.4, 0.5) is 23.2 Å². The molecule has 0 aromatic carbocycles. The quantitative estimate of drug-likeness (QED) is 0.372. The molecule has 0 saturated heterocycles. The average molecular weight is 319 g/mol. The van der Waals surface area contributed by atoms with E-state index in [-0.39, 0.29) is 10.9 Å². The fourth-order valence-electron chi connectivity index (χ4n) is 0.936. The van der Waals surface area contributed by atoms with Gasteiger partial charge in [-0.25, -0.2) is 4.98 Å². The molecule has 94 valence electrons. The molecule has 5 nitrogen and oxygen atoms in total. The zero-order valence-corrected chi connectivity index (χ0v) is 9.38. The van der Waals surface area contributed by atoms with Crippen LogP contribution in [0.5, 0.6) is 5.88 Å². The van der Waals surface area contributed by atoms with Crippen LogP contribution in [0.15, 0.2) is 6.20 Å². The minimum absolute atomic E-state index is 0.126. The van der Waals surface area contributed by atoms with Gasteiger partial charge in [0, 0.05) is 17.1 Å². The third kappa shape index (κ3) is 3.25. The molecule has 17 heavy (non-hydrogen) atoms. The second-order valence-corrected chi connectivity index (χ2v) is 3.25. The number of nitro groups is 1. The lowest BCUT2D eigenvalue weighted by atomic mass is 10.2. The first-order chi connectivity index (χ1) is 7.76. The molecule has 0 aliphatic rings. The summed E-state index contributed by atoms with van der Waals surface area (Å²) in [7, 11) is 0. The Balaban J connectivity index is 3.32. The number of pyridine rings is 1. The maximum absolute atomic E-state index is 13.4. The van der Waals surface area contributed by atoms with Gasteiger partial charge in [-0.2, -0.15) is 4.39 Å². The molecule has 1 aromatic rings. The van der Waals surface area contributed by atoms with Gasteiger partial charge in [0.1, 0.15) is 0 Å². The lowest BCUT2D eigenvalue weighted by Crippen LogP contribution is -2.19. The zero-order chi connectivity index (χ0) is 13.2. The molecule has 0 unspecified atom stereocenters. The minimum atomic E-state index is -5.18. The van der Waals surface area contributed by atoms with Crippen LogP contribution in [0.25, 0.3) is 0 Å². The number of hydrogen-bond acceptors (Lipinski definition) is 4. The Kier molecular flexibility index (Phi) is 3.86. The van der Waals surface area contributed by atoms with Crippen LogP contribution >= 0.6 is 15.9 Å². The molecule has 0 spiro atoms. The molecule has 0 bridgehead atoms. The van der Waals surface area contributed by atoms with Crippen molar-refractivity contribution in [2.24, 2.45) is 0 Å². The van der Waals surface area contributed by atoms with Crippen LogP contribution < -0.4 is 4.74 Å². The van der Waals surface area contributed by atoms with Crippen LogP contribution in [0.2, 0.25) is 0 Å². The van der Waals surface area contributed by atoms with Crippen LogP contribution in [0.3, 0.4) is 0 Å². The Hall–Kier alpha value is -1.45. The highest BCUT2D eigenvalue weighted by Crippen LogP contribution is 2.33. The summed E-state index contributed by atoms with van der Waals surface area (Å²) < 4.78 is 52.3. The van der Waals surface area contributed by atoms with E-state index in [1.807, 2.05) is 0 Å². The van der Waals surface area contributed by atoms with Gasteiger partial charge in [0.15, 0.2) is 0 Å². The van der Waals surface area contributed by atoms with Crippen LogP contribution in [0, 0.1) is 15.9 Å². The molecule has 1 rings (SSSR count). The minimum Gasteiger partial charge on any atom is -0.380 e. The van der Waals surface area contributed by atoms with E-state index in [9.17, 15) is 27.7 Å². The van der Waals surface area contributed by atoms with Crippen molar-refractivity contribution in [2.75, 3.05) is 0 Å². The van der Waals surface area contributed by atoms with E-state index < -0.39 is 28.7 Å². The molecule has 0 fully saturated rings. The summed E-state index contributed by atoms with van der Waals surface area (Å²) in [6.07, 6.45) is -4.46. The highest BCUT2D eigenvalue weighted by molar-refractivity contribution is 9.08. The van der Waals surface area contributed by atoms with E-state index in [4.69, 9.17) is 0 Å². The van der Waals surface area contributed by atoms with Crippen molar-refractivity contribution >= 4 is 21.6 Å². The Morgan fingerprint density at radius 3 is 2.53 bits per heavy atom. The fourth-order valence-corrected chi connectivity index (χ4v) is 1.33. The van der Waals surface area contributed by atoms with Gasteiger partial charge in [-0.3, -0.25) is 10.1 Å². The third-order valence-electron chi connectivity index (χ3n) is 1.57. The number of aromatic nitrogens is 1. The van der Waals surface area contributed by atoms with Crippen LogP contribution in [-0.2, 0) is 5.33 Å². The fraction of sp³-hybridized carbons (Fsp3) is 0.286. The molecule has 1 heterocycles. The van der Waals surface area contributed by atoms with Crippen molar-refractivity contribution in [2.45, 2.75) is 11.7 Å². The second-order valence-electron chi connectivity index (χ2n) is 2.69. The lowest BCUT2D eigenvalue weighted by Gasteiger charge is -2.09. The van der Waals surface area contributed by atoms with Crippen LogP contribution in [0.1, 0.15) is 5.56 Å². The molecule has 0 saturated carbocycles. The van der Waals surface area contributed by atoms with Crippen molar-refractivity contribution in [3.05, 3.63) is 27.7 Å². The van der Waals surface area contributed by atoms with Gasteiger partial charge in [-0.15, -0.1) is 13.2 Å². The molecular weight excluding hydrogens is 316 g/mol. The predicted molar refractivity (Wildman–Crippen MR) is 50.2 cm³/mol. The smallest absolute Gasteiger partial charge is 0.380 e. The van der Waals surface area contributed by atoms with Crippen LogP contribution in [-0.4, -0.2) is 16.3 Å². The molecule has 0 radical (unpaired) electrons. The normalized spacial score (nSPS) is 11.4. The maximum Gasteiger partial charge on any atom is 0.574 e. The SMILES string of the molecule is O=[N+]([O-])c1c(OC(F)(F)F)ncc(CBr)c1F. The zero-order valence-electron chi connectivity index (χ0n) is 7.79. The summed E-state index contributed by atoms with van der Waals surface area (Å²) in [6, 6.07) is 0. The summed E-state index contributed by atoms with van der Waals surface area (Å²) in [5.74, 6) is -2.84. The summed E-state index contributed by atoms with van der Waals surface area (Å²) in [5.41, 5.74) is -1.69. The first kappa shape index (κ1) is 13.6. The first-order valence-electron chi connectivity index (χ1n) is 3.89. The van der Waals surface area contributed by atoms with Crippen molar-refractivity contribution < 1.29 is 27.2 Å². The summed E-state index contributed by atoms with van der Waals surface area (Å²) in [4.78, 5) is 12.2. The highest BCUT2D eigenvalue weighted by Gasteiger charge is 2.37. The van der Waals surface area contributed by atoms with Gasteiger partial charge >= 0.3 is 17.9 Å². The average Bonchev–Trinajstić information content (AvgIpc) is 2.14. The topological polar surface area (TPSA) is 65.3 Å². The molecule has 0 aliphatic heterocycles. The molecule has 0 atom stereocenters. The number of ether oxygens (including phenoxy) is 1. The number of halogens is 5. The van der Waals surface area contributed by atoms with Crippen molar-refractivity contribution in [1.82, 2.24) is 4.98 Å². The number of hydrogen-bond donors (Lipinski definition) is 0. The van der Waals surface area contributed by atoms with Gasteiger partial charge in [0.05, 0.1) is 4.92 Å². The number of nitrogens with zero attached hydrogens (tertiary/aromatic N) is 2. The largest absolute Gasteiger partial charge is 0.574 e. The maximum atomic E-state index is 13.4. The lowest BCUT2D eigenvalue weighted by molar-refractivity contribution is -0.391. The standard InChI is InChI=1S/C7H3BrF4N2O3/c8-1-3-2-13-6(17-7(10,11)12)5(4(3)9)14(15)16/h2H,1H2. The van der Waals surface area contributed by atoms with Gasteiger partial charge in [-0.1, -0.05) is 15.9 Å². The molecule has 0 aliphatic carbocycles. The summed E-state index contributed by atoms with van der Waals surface area (Å²) >= 11 is 2.81. The van der Waals surface area contributed by atoms with Gasteiger partial charge in [-0.05, 0) is 0 Å². The van der Waals surface area contributed by atoms with Crippen molar-refractivity contribution in [3.63, 3.8) is 0 Å². The number of rotatable bonds is 3. The summed E-state index contributed by atoms with van der Waals surface area (Å²) in [6.45, 7) is 0. The Bertz CT molecular complexity index is 451. The Labute approximate surface area is 99.7 Å².